The van der Waals surface area contributed by atoms with Gasteiger partial charge in [-0.2, -0.15) is 0 Å². The first-order valence-electron chi connectivity index (χ1n) is 5.92. The summed E-state index contributed by atoms with van der Waals surface area (Å²) in [7, 11) is 0. The van der Waals surface area contributed by atoms with Crippen LogP contribution in [0, 0.1) is 0 Å². The molecule has 0 aromatic rings. The largest absolute Gasteiger partial charge is 0.394 e. The van der Waals surface area contributed by atoms with E-state index in [-0.39, 0.29) is 6.04 Å². The highest BCUT2D eigenvalue weighted by Gasteiger charge is 2.50. The van der Waals surface area contributed by atoms with Gasteiger partial charge in [0.1, 0.15) is 24.4 Å². The number of ether oxygens (including phenoxy) is 1. The maximum Gasteiger partial charge on any atom is 0.250 e. The van der Waals surface area contributed by atoms with Crippen LogP contribution in [0.5, 0.6) is 0 Å². The fourth-order valence-electron chi connectivity index (χ4n) is 2.46. The van der Waals surface area contributed by atoms with E-state index in [1.807, 2.05) is 0 Å². The van der Waals surface area contributed by atoms with Crippen molar-refractivity contribution in [3.63, 3.8) is 0 Å². The summed E-state index contributed by atoms with van der Waals surface area (Å²) in [6, 6.07) is -0.279. The molecule has 0 saturated carbocycles. The predicted octanol–water partition coefficient (Wildman–Crippen LogP) is -2.51. The quantitative estimate of drug-likeness (QED) is 0.439. The number of fused-ring (bicyclic) bond motifs is 1. The zero-order valence-electron chi connectivity index (χ0n) is 9.83. The summed E-state index contributed by atoms with van der Waals surface area (Å²) >= 11 is 0. The van der Waals surface area contributed by atoms with Crippen LogP contribution in [0.3, 0.4) is 0 Å². The van der Waals surface area contributed by atoms with Crippen LogP contribution in [-0.4, -0.2) is 69.5 Å². The Morgan fingerprint density at radius 2 is 2.21 bits per heavy atom. The molecule has 0 bridgehead atoms. The number of carbonyl (C=O) groups is 1. The van der Waals surface area contributed by atoms with E-state index in [2.05, 4.69) is 15.8 Å². The van der Waals surface area contributed by atoms with Gasteiger partial charge in [-0.25, -0.2) is 0 Å². The Morgan fingerprint density at radius 3 is 2.89 bits per heavy atom. The molecule has 0 aliphatic carbocycles. The highest BCUT2D eigenvalue weighted by molar-refractivity contribution is 5.89. The van der Waals surface area contributed by atoms with E-state index in [0.717, 1.165) is 0 Å². The van der Waals surface area contributed by atoms with Crippen molar-refractivity contribution in [2.75, 3.05) is 6.61 Å². The molecule has 0 unspecified atom stereocenters. The Balaban J connectivity index is 1.87. The second-order valence-electron chi connectivity index (χ2n) is 4.62. The van der Waals surface area contributed by atoms with Gasteiger partial charge in [0, 0.05) is 6.08 Å². The van der Waals surface area contributed by atoms with Crippen molar-refractivity contribution >= 4 is 5.91 Å². The summed E-state index contributed by atoms with van der Waals surface area (Å²) in [5.74, 6) is -0.390. The smallest absolute Gasteiger partial charge is 0.250 e. The average molecular weight is 270 g/mol. The van der Waals surface area contributed by atoms with Crippen LogP contribution in [0.1, 0.15) is 0 Å². The van der Waals surface area contributed by atoms with Gasteiger partial charge in [-0.3, -0.25) is 15.1 Å². The Kier molecular flexibility index (Phi) is 2.97. The average Bonchev–Trinajstić information content (AvgIpc) is 2.97. The molecule has 3 aliphatic rings. The predicted molar refractivity (Wildman–Crippen MR) is 59.3 cm³/mol. The molecule has 4 N–H and O–H groups in total. The second kappa shape index (κ2) is 4.53. The lowest BCUT2D eigenvalue weighted by atomic mass is 10.1. The summed E-state index contributed by atoms with van der Waals surface area (Å²) in [5.41, 5.74) is 2.71. The number of amides is 1. The van der Waals surface area contributed by atoms with E-state index in [0.29, 0.717) is 0 Å². The van der Waals surface area contributed by atoms with Crippen LogP contribution in [0.25, 0.3) is 0 Å². The Labute approximate surface area is 108 Å². The highest BCUT2D eigenvalue weighted by Crippen LogP contribution is 2.30. The maximum atomic E-state index is 11.9. The summed E-state index contributed by atoms with van der Waals surface area (Å²) in [6.45, 7) is -0.444. The zero-order chi connectivity index (χ0) is 13.6. The number of carbonyl (C=O) groups excluding carboxylic acids is 1. The molecule has 6 atom stereocenters. The molecular weight excluding hydrogens is 256 g/mol. The monoisotopic (exact) mass is 270 g/mol. The van der Waals surface area contributed by atoms with Crippen molar-refractivity contribution in [1.29, 1.82) is 0 Å². The van der Waals surface area contributed by atoms with Crippen molar-refractivity contribution in [1.82, 2.24) is 10.3 Å². The van der Waals surface area contributed by atoms with Gasteiger partial charge in [-0.05, 0) is 0 Å². The summed E-state index contributed by atoms with van der Waals surface area (Å²) in [5, 5.41) is 36.3. The summed E-state index contributed by atoms with van der Waals surface area (Å²) in [4.78, 5) is 13.2. The summed E-state index contributed by atoms with van der Waals surface area (Å²) < 4.78 is 5.34. The molecule has 0 radical (unpaired) electrons. The van der Waals surface area contributed by atoms with Crippen molar-refractivity contribution < 1.29 is 24.9 Å². The van der Waals surface area contributed by atoms with Gasteiger partial charge in [0.05, 0.1) is 6.61 Å². The van der Waals surface area contributed by atoms with Crippen LogP contribution in [-0.2, 0) is 9.53 Å². The van der Waals surface area contributed by atoms with Crippen molar-refractivity contribution in [3.05, 3.63) is 12.2 Å². The van der Waals surface area contributed by atoms with Gasteiger partial charge in [0.15, 0.2) is 12.4 Å². The molecule has 3 aliphatic heterocycles. The first kappa shape index (κ1) is 12.5. The molecule has 19 heavy (non-hydrogen) atoms. The molecule has 1 saturated heterocycles. The molecule has 3 rings (SSSR count). The first-order chi connectivity index (χ1) is 9.13. The molecule has 3 heterocycles. The Hall–Kier alpha value is -1.55. The number of hydrogen-bond donors (Lipinski definition) is 4. The third-order valence-electron chi connectivity index (χ3n) is 3.48. The van der Waals surface area contributed by atoms with Gasteiger partial charge in [0.25, 0.3) is 0 Å². The van der Waals surface area contributed by atoms with Crippen molar-refractivity contribution in [2.24, 2.45) is 10.3 Å². The number of aliphatic hydroxyl groups excluding tert-OH is 3. The number of aliphatic hydroxyl groups is 3. The highest BCUT2D eigenvalue weighted by atomic mass is 16.6. The maximum absolute atomic E-state index is 11.9. The standard InChI is InChI=1S/C10H14N4O5/c15-3-5-7(17)8(18)10(19-5)14-6(16)2-1-4-9(14)12-13-11-4/h1-2,4-5,7-10,15,17-18H,3H2,(H,11,12)/t4-,5+,7+,8+,9+,10+/m0/s1. The van der Waals surface area contributed by atoms with E-state index in [4.69, 9.17) is 9.84 Å². The van der Waals surface area contributed by atoms with Crippen LogP contribution >= 0.6 is 0 Å². The van der Waals surface area contributed by atoms with Gasteiger partial charge >= 0.3 is 0 Å². The first-order valence-corrected chi connectivity index (χ1v) is 5.92. The van der Waals surface area contributed by atoms with Crippen LogP contribution < -0.4 is 5.43 Å². The fraction of sp³-hybridized carbons (Fsp3) is 0.700. The SMILES string of the molecule is O=C1C=C[C@@H]2NN=N[C@@H]2N1[C@@H]1O[C@H](CO)[C@@H](O)[C@H]1O. The molecule has 1 amide bonds. The molecule has 9 heteroatoms. The van der Waals surface area contributed by atoms with Crippen LogP contribution in [0.4, 0.5) is 0 Å². The lowest BCUT2D eigenvalue weighted by molar-refractivity contribution is -0.155. The molecule has 104 valence electrons. The lowest BCUT2D eigenvalue weighted by Crippen LogP contribution is -2.56. The molecule has 9 nitrogen and oxygen atoms in total. The third kappa shape index (κ3) is 1.82. The van der Waals surface area contributed by atoms with E-state index in [1.165, 1.54) is 11.0 Å². The second-order valence-corrected chi connectivity index (χ2v) is 4.62. The number of hydrogen-bond acceptors (Lipinski definition) is 8. The molecule has 1 fully saturated rings. The Bertz CT molecular complexity index is 442. The van der Waals surface area contributed by atoms with E-state index >= 15 is 0 Å². The molecular formula is C10H14N4O5. The van der Waals surface area contributed by atoms with Crippen molar-refractivity contribution in [2.45, 2.75) is 36.7 Å². The van der Waals surface area contributed by atoms with Crippen LogP contribution in [0.15, 0.2) is 22.5 Å². The minimum Gasteiger partial charge on any atom is -0.394 e. The normalized spacial score (nSPS) is 44.6. The zero-order valence-corrected chi connectivity index (χ0v) is 9.83. The van der Waals surface area contributed by atoms with E-state index in [9.17, 15) is 15.0 Å². The lowest BCUT2D eigenvalue weighted by Gasteiger charge is -2.36. The molecule has 0 spiro atoms. The fourth-order valence-corrected chi connectivity index (χ4v) is 2.46. The molecule has 0 aromatic carbocycles. The van der Waals surface area contributed by atoms with Gasteiger partial charge in [-0.15, -0.1) is 5.11 Å². The molecule has 0 aromatic heterocycles. The number of rotatable bonds is 2. The van der Waals surface area contributed by atoms with Gasteiger partial charge in [0.2, 0.25) is 5.91 Å². The number of nitrogens with zero attached hydrogens (tertiary/aromatic N) is 3. The minimum atomic E-state index is -1.30. The Morgan fingerprint density at radius 1 is 1.42 bits per heavy atom. The third-order valence-corrected chi connectivity index (χ3v) is 3.48. The van der Waals surface area contributed by atoms with Gasteiger partial charge < -0.3 is 20.1 Å². The number of nitrogens with one attached hydrogen (secondary N) is 1. The van der Waals surface area contributed by atoms with Crippen molar-refractivity contribution in [3.8, 4) is 0 Å². The van der Waals surface area contributed by atoms with E-state index in [1.54, 1.807) is 6.08 Å². The van der Waals surface area contributed by atoms with Gasteiger partial charge in [-0.1, -0.05) is 11.3 Å². The topological polar surface area (TPSA) is 127 Å². The van der Waals surface area contributed by atoms with E-state index < -0.39 is 43.2 Å². The minimum absolute atomic E-state index is 0.279. The summed E-state index contributed by atoms with van der Waals surface area (Å²) in [6.07, 6.45) is -2.20. The van der Waals surface area contributed by atoms with Crippen LogP contribution in [0.2, 0.25) is 0 Å².